The van der Waals surface area contributed by atoms with Gasteiger partial charge in [0.15, 0.2) is 0 Å². The Hall–Kier alpha value is -2.23. The number of amides is 3. The fourth-order valence-corrected chi connectivity index (χ4v) is 3.82. The van der Waals surface area contributed by atoms with Gasteiger partial charge in [-0.25, -0.2) is 0 Å². The van der Waals surface area contributed by atoms with Crippen LogP contribution in [0.25, 0.3) is 0 Å². The third kappa shape index (κ3) is 5.62. The normalized spacial score (nSPS) is 20.6. The molecule has 2 rings (SSSR count). The zero-order valence-corrected chi connectivity index (χ0v) is 15.5. The van der Waals surface area contributed by atoms with Crippen LogP contribution in [0.4, 0.5) is 18.9 Å². The second-order valence-electron chi connectivity index (χ2n) is 5.81. The van der Waals surface area contributed by atoms with E-state index in [-0.39, 0.29) is 16.2 Å². The van der Waals surface area contributed by atoms with Crippen molar-refractivity contribution < 1.29 is 32.3 Å². The highest BCUT2D eigenvalue weighted by Gasteiger charge is 2.40. The lowest BCUT2D eigenvalue weighted by Gasteiger charge is -2.34. The van der Waals surface area contributed by atoms with E-state index in [1.54, 1.807) is 0 Å². The third-order valence-corrected chi connectivity index (χ3v) is 5.55. The molecule has 148 valence electrons. The minimum Gasteiger partial charge on any atom is -0.406 e. The van der Waals surface area contributed by atoms with Gasteiger partial charge in [-0.3, -0.25) is 19.3 Å². The number of hydrogen-bond donors (Lipinski definition) is 1. The van der Waals surface area contributed by atoms with Gasteiger partial charge in [-0.1, -0.05) is 13.8 Å². The molecule has 1 heterocycles. The Labute approximate surface area is 158 Å². The second kappa shape index (κ2) is 8.64. The molecule has 1 saturated heterocycles. The van der Waals surface area contributed by atoms with Gasteiger partial charge in [0, 0.05) is 5.69 Å². The van der Waals surface area contributed by atoms with E-state index in [0.717, 1.165) is 17.0 Å². The predicted octanol–water partition coefficient (Wildman–Crippen LogP) is 3.18. The number of nitrogens with one attached hydrogen (secondary N) is 1. The number of alkyl halides is 3. The number of carbonyl (C=O) groups is 3. The van der Waals surface area contributed by atoms with Crippen LogP contribution in [0.2, 0.25) is 0 Å². The third-order valence-electron chi connectivity index (χ3n) is 3.83. The van der Waals surface area contributed by atoms with Gasteiger partial charge in [0.25, 0.3) is 0 Å². The molecule has 1 aliphatic rings. The van der Waals surface area contributed by atoms with Gasteiger partial charge in [0.2, 0.25) is 17.7 Å². The lowest BCUT2D eigenvalue weighted by molar-refractivity contribution is -0.274. The topological polar surface area (TPSA) is 75.7 Å². The lowest BCUT2D eigenvalue weighted by atomic mass is 10.2. The molecule has 10 heteroatoms. The van der Waals surface area contributed by atoms with Gasteiger partial charge in [-0.15, -0.1) is 24.9 Å². The van der Waals surface area contributed by atoms with E-state index < -0.39 is 36.4 Å². The summed E-state index contributed by atoms with van der Waals surface area (Å²) in [6, 6.07) is 4.57. The molecule has 0 aliphatic carbocycles. The number of rotatable bonds is 6. The quantitative estimate of drug-likeness (QED) is 0.737. The zero-order valence-electron chi connectivity index (χ0n) is 14.7. The van der Waals surface area contributed by atoms with Crippen LogP contribution in [0.5, 0.6) is 5.75 Å². The Kier molecular flexibility index (Phi) is 6.74. The van der Waals surface area contributed by atoms with E-state index >= 15 is 0 Å². The number of imide groups is 1. The van der Waals surface area contributed by atoms with Crippen molar-refractivity contribution in [3.8, 4) is 5.75 Å². The molecule has 0 saturated carbocycles. The molecular formula is C17H19F3N2O4S. The second-order valence-corrected chi connectivity index (χ2v) is 7.22. The molecule has 0 aromatic heterocycles. The van der Waals surface area contributed by atoms with Crippen molar-refractivity contribution in [1.82, 2.24) is 4.90 Å². The molecule has 6 nitrogen and oxygen atoms in total. The Morgan fingerprint density at radius 1 is 1.11 bits per heavy atom. The van der Waals surface area contributed by atoms with Crippen molar-refractivity contribution in [2.24, 2.45) is 0 Å². The SMILES string of the molecule is CC[C@@H]1S[C@@H](CC)C(=O)N(CC(=O)Nc2ccc(OC(F)(F)F)cc2)C1=O. The molecule has 27 heavy (non-hydrogen) atoms. The van der Waals surface area contributed by atoms with Crippen LogP contribution in [0, 0.1) is 0 Å². The van der Waals surface area contributed by atoms with E-state index in [0.29, 0.717) is 12.8 Å². The van der Waals surface area contributed by atoms with Crippen molar-refractivity contribution in [1.29, 1.82) is 0 Å². The minimum atomic E-state index is -4.80. The summed E-state index contributed by atoms with van der Waals surface area (Å²) in [6.07, 6.45) is -3.71. The van der Waals surface area contributed by atoms with Crippen molar-refractivity contribution in [2.45, 2.75) is 43.6 Å². The van der Waals surface area contributed by atoms with Gasteiger partial charge in [-0.2, -0.15) is 0 Å². The number of halogens is 3. The highest BCUT2D eigenvalue weighted by Crippen LogP contribution is 2.31. The molecule has 1 aliphatic heterocycles. The fourth-order valence-electron chi connectivity index (χ4n) is 2.55. The fraction of sp³-hybridized carbons (Fsp3) is 0.471. The number of ether oxygens (including phenoxy) is 1. The number of thioether (sulfide) groups is 1. The Morgan fingerprint density at radius 3 is 2.07 bits per heavy atom. The van der Waals surface area contributed by atoms with E-state index in [1.807, 2.05) is 13.8 Å². The van der Waals surface area contributed by atoms with Crippen molar-refractivity contribution in [3.63, 3.8) is 0 Å². The van der Waals surface area contributed by atoms with Gasteiger partial charge >= 0.3 is 6.36 Å². The Balaban J connectivity index is 2.01. The summed E-state index contributed by atoms with van der Waals surface area (Å²) in [6.45, 7) is 3.23. The molecule has 2 atom stereocenters. The molecule has 1 aromatic rings. The van der Waals surface area contributed by atoms with Crippen LogP contribution in [-0.4, -0.2) is 46.0 Å². The average Bonchev–Trinajstić information content (AvgIpc) is 2.59. The zero-order chi connectivity index (χ0) is 20.2. The molecule has 0 unspecified atom stereocenters. The van der Waals surface area contributed by atoms with Gasteiger partial charge < -0.3 is 10.1 Å². The molecular weight excluding hydrogens is 385 g/mol. The van der Waals surface area contributed by atoms with Crippen LogP contribution in [0.3, 0.4) is 0 Å². The summed E-state index contributed by atoms with van der Waals surface area (Å²) in [7, 11) is 0. The first-order chi connectivity index (χ1) is 12.6. The van der Waals surface area contributed by atoms with Gasteiger partial charge in [0.05, 0.1) is 10.5 Å². The maximum atomic E-state index is 12.4. The van der Waals surface area contributed by atoms with Crippen LogP contribution >= 0.6 is 11.8 Å². The standard InChI is InChI=1S/C17H19F3N2O4S/c1-3-12-15(24)22(16(25)13(4-2)27-12)9-14(23)21-10-5-7-11(8-6-10)26-17(18,19)20/h5-8,12-13H,3-4,9H2,1-2H3,(H,21,23)/t12-,13-/m0/s1. The first kappa shape index (κ1) is 21.1. The molecule has 0 spiro atoms. The predicted molar refractivity (Wildman–Crippen MR) is 94.2 cm³/mol. The van der Waals surface area contributed by atoms with E-state index in [4.69, 9.17) is 0 Å². The maximum Gasteiger partial charge on any atom is 0.573 e. The van der Waals surface area contributed by atoms with Gasteiger partial charge in [-0.05, 0) is 37.1 Å². The summed E-state index contributed by atoms with van der Waals surface area (Å²) in [5, 5.41) is 1.71. The first-order valence-electron chi connectivity index (χ1n) is 8.31. The number of hydrogen-bond acceptors (Lipinski definition) is 5. The van der Waals surface area contributed by atoms with E-state index in [9.17, 15) is 27.6 Å². The van der Waals surface area contributed by atoms with Crippen LogP contribution in [0.15, 0.2) is 24.3 Å². The van der Waals surface area contributed by atoms with E-state index in [2.05, 4.69) is 10.1 Å². The molecule has 0 bridgehead atoms. The van der Waals surface area contributed by atoms with Crippen LogP contribution in [-0.2, 0) is 14.4 Å². The maximum absolute atomic E-state index is 12.4. The number of carbonyl (C=O) groups excluding carboxylic acids is 3. The smallest absolute Gasteiger partial charge is 0.406 e. The lowest BCUT2D eigenvalue weighted by Crippen LogP contribution is -2.53. The molecule has 0 radical (unpaired) electrons. The largest absolute Gasteiger partial charge is 0.573 e. The minimum absolute atomic E-state index is 0.222. The highest BCUT2D eigenvalue weighted by molar-refractivity contribution is 8.02. The monoisotopic (exact) mass is 404 g/mol. The van der Waals surface area contributed by atoms with Gasteiger partial charge in [0.1, 0.15) is 12.3 Å². The van der Waals surface area contributed by atoms with Crippen molar-refractivity contribution >= 4 is 35.2 Å². The number of anilines is 1. The summed E-state index contributed by atoms with van der Waals surface area (Å²) in [4.78, 5) is 37.9. The summed E-state index contributed by atoms with van der Waals surface area (Å²) >= 11 is 1.31. The highest BCUT2D eigenvalue weighted by atomic mass is 32.2. The average molecular weight is 404 g/mol. The molecule has 1 aromatic carbocycles. The van der Waals surface area contributed by atoms with E-state index in [1.165, 1.54) is 23.9 Å². The molecule has 1 N–H and O–H groups in total. The van der Waals surface area contributed by atoms with Crippen LogP contribution < -0.4 is 10.1 Å². The summed E-state index contributed by atoms with van der Waals surface area (Å²) in [5.74, 6) is -1.84. The van der Waals surface area contributed by atoms with Crippen molar-refractivity contribution in [3.05, 3.63) is 24.3 Å². The van der Waals surface area contributed by atoms with Crippen molar-refractivity contribution in [2.75, 3.05) is 11.9 Å². The molecule has 3 amide bonds. The molecule has 1 fully saturated rings. The summed E-state index contributed by atoms with van der Waals surface area (Å²) < 4.78 is 40.2. The van der Waals surface area contributed by atoms with Crippen LogP contribution in [0.1, 0.15) is 26.7 Å². The first-order valence-corrected chi connectivity index (χ1v) is 9.25. The Bertz CT molecular complexity index is 687. The summed E-state index contributed by atoms with van der Waals surface area (Å²) in [5.41, 5.74) is 0.222. The number of nitrogens with zero attached hydrogens (tertiary/aromatic N) is 1. The number of benzene rings is 1. The Morgan fingerprint density at radius 2 is 1.63 bits per heavy atom.